The quantitative estimate of drug-likeness (QED) is 0.764. The van der Waals surface area contributed by atoms with Crippen molar-refractivity contribution in [3.63, 3.8) is 0 Å². The molecule has 0 saturated carbocycles. The molecular weight excluding hydrogens is 256 g/mol. The summed E-state index contributed by atoms with van der Waals surface area (Å²) in [5.41, 5.74) is 0. The van der Waals surface area contributed by atoms with Crippen molar-refractivity contribution in [3.8, 4) is 0 Å². The Balaban J connectivity index is 2.64. The summed E-state index contributed by atoms with van der Waals surface area (Å²) in [6.45, 7) is 10.6. The molecule has 0 fully saturated rings. The van der Waals surface area contributed by atoms with Crippen molar-refractivity contribution in [1.29, 1.82) is 0 Å². The van der Waals surface area contributed by atoms with Crippen molar-refractivity contribution in [2.75, 3.05) is 19.7 Å². The lowest BCUT2D eigenvalue weighted by Crippen LogP contribution is -2.41. The number of hydrogen-bond donors (Lipinski definition) is 2. The summed E-state index contributed by atoms with van der Waals surface area (Å²) in [7, 11) is 0. The largest absolute Gasteiger partial charge is 0.455 e. The molecule has 1 aromatic rings. The Hall–Kier alpha value is -1.33. The van der Waals surface area contributed by atoms with Crippen LogP contribution >= 0.6 is 0 Å². The molecule has 0 radical (unpaired) electrons. The molecule has 0 bridgehead atoms. The lowest BCUT2D eigenvalue weighted by atomic mass is 10.1. The van der Waals surface area contributed by atoms with E-state index >= 15 is 0 Å². The molecule has 1 atom stereocenters. The predicted octanol–water partition coefficient (Wildman–Crippen LogP) is 1.87. The van der Waals surface area contributed by atoms with Gasteiger partial charge in [0, 0.05) is 0 Å². The number of furan rings is 1. The van der Waals surface area contributed by atoms with Crippen molar-refractivity contribution >= 4 is 5.91 Å². The average Bonchev–Trinajstić information content (AvgIpc) is 2.90. The second-order valence-corrected chi connectivity index (χ2v) is 5.23. The Morgan fingerprint density at radius 1 is 1.35 bits per heavy atom. The van der Waals surface area contributed by atoms with Crippen molar-refractivity contribution in [2.45, 2.75) is 40.3 Å². The number of aliphatic hydroxyl groups excluding tert-OH is 1. The SMILES string of the molecule is CCN(CC)Cc1ccc(C(=O)N[C@H](CO)C(C)C)o1. The van der Waals surface area contributed by atoms with E-state index in [2.05, 4.69) is 24.1 Å². The summed E-state index contributed by atoms with van der Waals surface area (Å²) in [5.74, 6) is 0.979. The fraction of sp³-hybridized carbons (Fsp3) is 0.667. The van der Waals surface area contributed by atoms with Crippen LogP contribution in [0.25, 0.3) is 0 Å². The van der Waals surface area contributed by atoms with Gasteiger partial charge in [0.1, 0.15) is 5.76 Å². The fourth-order valence-electron chi connectivity index (χ4n) is 1.92. The van der Waals surface area contributed by atoms with Gasteiger partial charge >= 0.3 is 0 Å². The van der Waals surface area contributed by atoms with Gasteiger partial charge in [-0.05, 0) is 31.1 Å². The maximum atomic E-state index is 12.0. The number of hydrogen-bond acceptors (Lipinski definition) is 4. The molecule has 1 aromatic heterocycles. The molecule has 2 N–H and O–H groups in total. The monoisotopic (exact) mass is 282 g/mol. The molecule has 1 rings (SSSR count). The van der Waals surface area contributed by atoms with Gasteiger partial charge in [-0.15, -0.1) is 0 Å². The number of rotatable bonds is 8. The van der Waals surface area contributed by atoms with E-state index in [1.54, 1.807) is 6.07 Å². The molecule has 114 valence electrons. The zero-order valence-electron chi connectivity index (χ0n) is 12.8. The van der Waals surface area contributed by atoms with Crippen LogP contribution in [0.3, 0.4) is 0 Å². The van der Waals surface area contributed by atoms with E-state index in [1.807, 2.05) is 19.9 Å². The van der Waals surface area contributed by atoms with Gasteiger partial charge in [0.05, 0.1) is 19.2 Å². The zero-order valence-corrected chi connectivity index (χ0v) is 12.8. The molecule has 1 heterocycles. The second kappa shape index (κ2) is 8.07. The van der Waals surface area contributed by atoms with Crippen LogP contribution in [-0.4, -0.2) is 41.7 Å². The number of nitrogens with one attached hydrogen (secondary N) is 1. The summed E-state index contributed by atoms with van der Waals surface area (Å²) < 4.78 is 5.57. The van der Waals surface area contributed by atoms with Crippen LogP contribution in [-0.2, 0) is 6.54 Å². The van der Waals surface area contributed by atoms with Crippen molar-refractivity contribution in [1.82, 2.24) is 10.2 Å². The van der Waals surface area contributed by atoms with E-state index in [9.17, 15) is 9.90 Å². The van der Waals surface area contributed by atoms with Crippen LogP contribution in [0.1, 0.15) is 44.0 Å². The smallest absolute Gasteiger partial charge is 0.287 e. The highest BCUT2D eigenvalue weighted by Gasteiger charge is 2.18. The minimum Gasteiger partial charge on any atom is -0.455 e. The second-order valence-electron chi connectivity index (χ2n) is 5.23. The third kappa shape index (κ3) is 4.65. The van der Waals surface area contributed by atoms with E-state index in [1.165, 1.54) is 0 Å². The van der Waals surface area contributed by atoms with Crippen LogP contribution in [0.4, 0.5) is 0 Å². The average molecular weight is 282 g/mol. The van der Waals surface area contributed by atoms with Gasteiger partial charge in [-0.3, -0.25) is 9.69 Å². The molecule has 0 unspecified atom stereocenters. The number of carbonyl (C=O) groups is 1. The molecule has 0 saturated heterocycles. The normalized spacial score (nSPS) is 12.9. The first kappa shape index (κ1) is 16.7. The van der Waals surface area contributed by atoms with Gasteiger partial charge in [-0.25, -0.2) is 0 Å². The highest BCUT2D eigenvalue weighted by Crippen LogP contribution is 2.11. The number of nitrogens with zero attached hydrogens (tertiary/aromatic N) is 1. The van der Waals surface area contributed by atoms with Crippen LogP contribution in [0.2, 0.25) is 0 Å². The maximum Gasteiger partial charge on any atom is 0.287 e. The molecule has 20 heavy (non-hydrogen) atoms. The minimum absolute atomic E-state index is 0.0730. The lowest BCUT2D eigenvalue weighted by Gasteiger charge is -2.19. The van der Waals surface area contributed by atoms with E-state index in [0.29, 0.717) is 12.3 Å². The fourth-order valence-corrected chi connectivity index (χ4v) is 1.92. The van der Waals surface area contributed by atoms with Crippen molar-refractivity contribution < 1.29 is 14.3 Å². The summed E-state index contributed by atoms with van der Waals surface area (Å²) in [6.07, 6.45) is 0. The van der Waals surface area contributed by atoms with Crippen molar-refractivity contribution in [3.05, 3.63) is 23.7 Å². The zero-order chi connectivity index (χ0) is 15.1. The van der Waals surface area contributed by atoms with Gasteiger partial charge < -0.3 is 14.8 Å². The lowest BCUT2D eigenvalue weighted by molar-refractivity contribution is 0.0865. The molecule has 5 nitrogen and oxygen atoms in total. The molecule has 0 aliphatic heterocycles. The molecule has 0 aliphatic rings. The first-order chi connectivity index (χ1) is 9.51. The van der Waals surface area contributed by atoms with E-state index < -0.39 is 0 Å². The Morgan fingerprint density at radius 3 is 2.50 bits per heavy atom. The number of aliphatic hydroxyl groups is 1. The summed E-state index contributed by atoms with van der Waals surface area (Å²) in [6, 6.07) is 3.26. The molecule has 0 spiro atoms. The summed E-state index contributed by atoms with van der Waals surface area (Å²) in [4.78, 5) is 14.2. The van der Waals surface area contributed by atoms with E-state index in [-0.39, 0.29) is 24.5 Å². The predicted molar refractivity (Wildman–Crippen MR) is 78.5 cm³/mol. The van der Waals surface area contributed by atoms with Crippen LogP contribution in [0.15, 0.2) is 16.5 Å². The van der Waals surface area contributed by atoms with Crippen LogP contribution in [0, 0.1) is 5.92 Å². The molecule has 0 aromatic carbocycles. The number of amides is 1. The standard InChI is InChI=1S/C15H26N2O3/c1-5-17(6-2)9-12-7-8-14(20-12)15(19)16-13(10-18)11(3)4/h7-8,11,13,18H,5-6,9-10H2,1-4H3,(H,16,19)/t13-/m1/s1. The summed E-state index contributed by atoms with van der Waals surface area (Å²) >= 11 is 0. The van der Waals surface area contributed by atoms with E-state index in [0.717, 1.165) is 18.8 Å². The van der Waals surface area contributed by atoms with Gasteiger partial charge in [-0.1, -0.05) is 27.7 Å². The van der Waals surface area contributed by atoms with Gasteiger partial charge in [0.25, 0.3) is 5.91 Å². The molecule has 1 amide bonds. The molecule has 0 aliphatic carbocycles. The first-order valence-electron chi connectivity index (χ1n) is 7.24. The third-order valence-corrected chi connectivity index (χ3v) is 3.48. The van der Waals surface area contributed by atoms with Crippen molar-refractivity contribution in [2.24, 2.45) is 5.92 Å². The first-order valence-corrected chi connectivity index (χ1v) is 7.24. The highest BCUT2D eigenvalue weighted by atomic mass is 16.4. The number of carbonyl (C=O) groups excluding carboxylic acids is 1. The van der Waals surface area contributed by atoms with Crippen LogP contribution in [0.5, 0.6) is 0 Å². The van der Waals surface area contributed by atoms with Gasteiger partial charge in [-0.2, -0.15) is 0 Å². The van der Waals surface area contributed by atoms with Gasteiger partial charge in [0.15, 0.2) is 5.76 Å². The maximum absolute atomic E-state index is 12.0. The summed E-state index contributed by atoms with van der Waals surface area (Å²) in [5, 5.41) is 12.0. The molecular formula is C15H26N2O3. The minimum atomic E-state index is -0.274. The van der Waals surface area contributed by atoms with E-state index in [4.69, 9.17) is 4.42 Å². The highest BCUT2D eigenvalue weighted by molar-refractivity contribution is 5.91. The van der Waals surface area contributed by atoms with Crippen LogP contribution < -0.4 is 5.32 Å². The Morgan fingerprint density at radius 2 is 2.00 bits per heavy atom. The van der Waals surface area contributed by atoms with Gasteiger partial charge in [0.2, 0.25) is 0 Å². The Kier molecular flexibility index (Phi) is 6.75. The topological polar surface area (TPSA) is 65.7 Å². The molecule has 5 heteroatoms. The Bertz CT molecular complexity index is 411. The Labute approximate surface area is 121 Å². The third-order valence-electron chi connectivity index (χ3n) is 3.48.